The molecule has 0 bridgehead atoms. The zero-order chi connectivity index (χ0) is 15.1. The number of nitrogens with zero attached hydrogens (tertiary/aromatic N) is 4. The van der Waals surface area contributed by atoms with Crippen molar-refractivity contribution < 1.29 is 9.47 Å². The topological polar surface area (TPSA) is 72.4 Å². The van der Waals surface area contributed by atoms with Gasteiger partial charge in [-0.3, -0.25) is 0 Å². The lowest BCUT2D eigenvalue weighted by atomic mass is 10.1. The second-order valence-corrected chi connectivity index (χ2v) is 4.87. The van der Waals surface area contributed by atoms with E-state index in [1.165, 1.54) is 0 Å². The minimum atomic E-state index is 0.249. The molecular weight excluding hydrogens is 270 g/mol. The molecule has 1 atom stereocenters. The van der Waals surface area contributed by atoms with Crippen LogP contribution in [-0.4, -0.2) is 53.9 Å². The van der Waals surface area contributed by atoms with E-state index in [4.69, 9.17) is 9.47 Å². The van der Waals surface area contributed by atoms with Crippen molar-refractivity contribution in [3.63, 3.8) is 0 Å². The van der Waals surface area contributed by atoms with Crippen LogP contribution in [0.4, 0.5) is 11.9 Å². The second-order valence-electron chi connectivity index (χ2n) is 4.87. The van der Waals surface area contributed by atoms with Gasteiger partial charge in [0, 0.05) is 26.2 Å². The summed E-state index contributed by atoms with van der Waals surface area (Å²) in [5.74, 6) is 1.22. The molecule has 1 aromatic rings. The van der Waals surface area contributed by atoms with Gasteiger partial charge in [-0.25, -0.2) is 0 Å². The van der Waals surface area contributed by atoms with Gasteiger partial charge in [0.2, 0.25) is 11.9 Å². The minimum absolute atomic E-state index is 0.249. The van der Waals surface area contributed by atoms with Gasteiger partial charge in [0.1, 0.15) is 0 Å². The summed E-state index contributed by atoms with van der Waals surface area (Å²) in [5, 5.41) is 3.12. The van der Waals surface area contributed by atoms with Crippen LogP contribution in [0.1, 0.15) is 33.6 Å². The molecule has 7 nitrogen and oxygen atoms in total. The molecule has 0 saturated carbocycles. The van der Waals surface area contributed by atoms with Crippen LogP contribution in [0.25, 0.3) is 0 Å². The summed E-state index contributed by atoms with van der Waals surface area (Å²) in [4.78, 5) is 15.3. The van der Waals surface area contributed by atoms with Crippen LogP contribution in [0.2, 0.25) is 0 Å². The van der Waals surface area contributed by atoms with Crippen molar-refractivity contribution in [2.24, 2.45) is 0 Å². The van der Waals surface area contributed by atoms with E-state index in [2.05, 4.69) is 25.2 Å². The van der Waals surface area contributed by atoms with Gasteiger partial charge in [-0.05, 0) is 33.6 Å². The minimum Gasteiger partial charge on any atom is -0.464 e. The molecule has 2 heterocycles. The summed E-state index contributed by atoms with van der Waals surface area (Å²) in [5.41, 5.74) is 0. The normalized spacial score (nSPS) is 18.6. The van der Waals surface area contributed by atoms with E-state index in [0.29, 0.717) is 24.5 Å². The van der Waals surface area contributed by atoms with Crippen LogP contribution in [-0.2, 0) is 4.74 Å². The van der Waals surface area contributed by atoms with Gasteiger partial charge >= 0.3 is 6.01 Å². The SMILES string of the molecule is CCNc1nc(OCC)nc(N2CCCC(OCC)C2)n1. The quantitative estimate of drug-likeness (QED) is 0.821. The monoisotopic (exact) mass is 295 g/mol. The Labute approximate surface area is 126 Å². The Morgan fingerprint density at radius 1 is 1.19 bits per heavy atom. The summed E-state index contributed by atoms with van der Waals surface area (Å²) in [6, 6.07) is 0.372. The van der Waals surface area contributed by atoms with Crippen molar-refractivity contribution in [1.29, 1.82) is 0 Å². The molecular formula is C14H25N5O2. The third kappa shape index (κ3) is 4.42. The molecule has 2 rings (SSSR count). The van der Waals surface area contributed by atoms with Crippen LogP contribution in [0.5, 0.6) is 6.01 Å². The van der Waals surface area contributed by atoms with Gasteiger partial charge in [-0.1, -0.05) is 0 Å². The molecule has 1 fully saturated rings. The highest BCUT2D eigenvalue weighted by Crippen LogP contribution is 2.21. The third-order valence-electron chi connectivity index (χ3n) is 3.27. The Hall–Kier alpha value is -1.63. The summed E-state index contributed by atoms with van der Waals surface area (Å²) in [7, 11) is 0. The number of aromatic nitrogens is 3. The summed E-state index contributed by atoms with van der Waals surface area (Å²) in [6.45, 7) is 9.74. The molecule has 1 saturated heterocycles. The second kappa shape index (κ2) is 7.97. The number of ether oxygens (including phenoxy) is 2. The number of hydrogen-bond donors (Lipinski definition) is 1. The number of piperidine rings is 1. The fraction of sp³-hybridized carbons (Fsp3) is 0.786. The van der Waals surface area contributed by atoms with Crippen LogP contribution >= 0.6 is 0 Å². The predicted octanol–water partition coefficient (Wildman–Crippen LogP) is 1.71. The summed E-state index contributed by atoms with van der Waals surface area (Å²) < 4.78 is 11.2. The molecule has 0 aromatic carbocycles. The van der Waals surface area contributed by atoms with Gasteiger partial charge in [-0.2, -0.15) is 15.0 Å². The van der Waals surface area contributed by atoms with Crippen molar-refractivity contribution in [2.45, 2.75) is 39.7 Å². The Morgan fingerprint density at radius 3 is 2.76 bits per heavy atom. The molecule has 1 aliphatic heterocycles. The van der Waals surface area contributed by atoms with Crippen LogP contribution in [0.3, 0.4) is 0 Å². The van der Waals surface area contributed by atoms with E-state index in [-0.39, 0.29) is 6.10 Å². The fourth-order valence-corrected chi connectivity index (χ4v) is 2.41. The lowest BCUT2D eigenvalue weighted by molar-refractivity contribution is 0.0523. The maximum atomic E-state index is 5.73. The Kier molecular flexibility index (Phi) is 5.98. The maximum Gasteiger partial charge on any atom is 0.323 e. The van der Waals surface area contributed by atoms with E-state index in [9.17, 15) is 0 Å². The van der Waals surface area contributed by atoms with Crippen LogP contribution in [0, 0.1) is 0 Å². The smallest absolute Gasteiger partial charge is 0.323 e. The van der Waals surface area contributed by atoms with Crippen LogP contribution < -0.4 is 15.0 Å². The standard InChI is InChI=1S/C14H25N5O2/c1-4-15-12-16-13(18-14(17-12)21-6-3)19-9-7-8-11(10-19)20-5-2/h11H,4-10H2,1-3H3,(H,15,16,17,18). The first-order valence-corrected chi connectivity index (χ1v) is 7.76. The fourth-order valence-electron chi connectivity index (χ4n) is 2.41. The van der Waals surface area contributed by atoms with Crippen molar-refractivity contribution in [2.75, 3.05) is 43.1 Å². The van der Waals surface area contributed by atoms with E-state index < -0.39 is 0 Å². The van der Waals surface area contributed by atoms with Gasteiger partial charge in [0.15, 0.2) is 0 Å². The lowest BCUT2D eigenvalue weighted by Crippen LogP contribution is -2.40. The van der Waals surface area contributed by atoms with E-state index in [0.717, 1.165) is 39.1 Å². The number of hydrogen-bond acceptors (Lipinski definition) is 7. The molecule has 0 amide bonds. The van der Waals surface area contributed by atoms with Gasteiger partial charge in [0.05, 0.1) is 12.7 Å². The number of anilines is 2. The van der Waals surface area contributed by atoms with Gasteiger partial charge < -0.3 is 19.7 Å². The molecule has 1 aromatic heterocycles. The molecule has 7 heteroatoms. The highest BCUT2D eigenvalue weighted by molar-refractivity contribution is 5.39. The first kappa shape index (κ1) is 15.8. The largest absolute Gasteiger partial charge is 0.464 e. The number of rotatable bonds is 7. The lowest BCUT2D eigenvalue weighted by Gasteiger charge is -2.32. The first-order chi connectivity index (χ1) is 10.3. The molecule has 1 unspecified atom stereocenters. The Balaban J connectivity index is 2.16. The van der Waals surface area contributed by atoms with Gasteiger partial charge in [0.25, 0.3) is 0 Å². The molecule has 0 aliphatic carbocycles. The molecule has 1 aliphatic rings. The highest BCUT2D eigenvalue weighted by atomic mass is 16.5. The maximum absolute atomic E-state index is 5.73. The van der Waals surface area contributed by atoms with Crippen LogP contribution in [0.15, 0.2) is 0 Å². The molecule has 0 spiro atoms. The molecule has 0 radical (unpaired) electrons. The molecule has 118 valence electrons. The zero-order valence-corrected chi connectivity index (χ0v) is 13.1. The van der Waals surface area contributed by atoms with Gasteiger partial charge in [-0.15, -0.1) is 0 Å². The highest BCUT2D eigenvalue weighted by Gasteiger charge is 2.23. The third-order valence-corrected chi connectivity index (χ3v) is 3.27. The summed E-state index contributed by atoms with van der Waals surface area (Å²) >= 11 is 0. The average Bonchev–Trinajstić information content (AvgIpc) is 2.48. The average molecular weight is 295 g/mol. The molecule has 21 heavy (non-hydrogen) atoms. The number of nitrogens with one attached hydrogen (secondary N) is 1. The van der Waals surface area contributed by atoms with Crippen molar-refractivity contribution >= 4 is 11.9 Å². The Morgan fingerprint density at radius 2 is 2.05 bits per heavy atom. The molecule has 1 N–H and O–H groups in total. The predicted molar refractivity (Wildman–Crippen MR) is 82.0 cm³/mol. The van der Waals surface area contributed by atoms with Crippen molar-refractivity contribution in [3.8, 4) is 6.01 Å². The van der Waals surface area contributed by atoms with E-state index in [1.54, 1.807) is 0 Å². The van der Waals surface area contributed by atoms with Crippen molar-refractivity contribution in [1.82, 2.24) is 15.0 Å². The zero-order valence-electron chi connectivity index (χ0n) is 13.1. The Bertz CT molecular complexity index is 417. The summed E-state index contributed by atoms with van der Waals surface area (Å²) in [6.07, 6.45) is 2.42. The van der Waals surface area contributed by atoms with Crippen molar-refractivity contribution in [3.05, 3.63) is 0 Å². The van der Waals surface area contributed by atoms with E-state index >= 15 is 0 Å². The van der Waals surface area contributed by atoms with E-state index in [1.807, 2.05) is 20.8 Å². The first-order valence-electron chi connectivity index (χ1n) is 7.76.